The van der Waals surface area contributed by atoms with Gasteiger partial charge >= 0.3 is 7.60 Å². The molecule has 2 aromatic rings. The molecule has 0 bridgehead atoms. The molecule has 2 aromatic heterocycles. The average Bonchev–Trinajstić information content (AvgIpc) is 2.47. The molecule has 0 saturated heterocycles. The van der Waals surface area contributed by atoms with Crippen molar-refractivity contribution < 1.29 is 14.0 Å². The van der Waals surface area contributed by atoms with Crippen LogP contribution in [-0.4, -0.2) is 22.0 Å². The van der Waals surface area contributed by atoms with E-state index in [9.17, 15) is 9.46 Å². The van der Waals surface area contributed by atoms with Gasteiger partial charge in [-0.2, -0.15) is 0 Å². The minimum atomic E-state index is -3.85. The summed E-state index contributed by atoms with van der Waals surface area (Å²) in [5, 5.41) is 0. The van der Waals surface area contributed by atoms with E-state index in [0.29, 0.717) is 17.3 Å². The van der Waals surface area contributed by atoms with Gasteiger partial charge in [0.05, 0.1) is 11.4 Å². The van der Waals surface area contributed by atoms with Crippen LogP contribution in [-0.2, 0) is 15.5 Å². The summed E-state index contributed by atoms with van der Waals surface area (Å²) in [4.78, 5) is 18.5. The lowest BCUT2D eigenvalue weighted by atomic mass is 10.1. The first-order chi connectivity index (χ1) is 9.92. The van der Waals surface area contributed by atoms with Crippen molar-refractivity contribution in [3.63, 3.8) is 0 Å². The Morgan fingerprint density at radius 2 is 1.76 bits per heavy atom. The molecule has 0 radical (unpaired) electrons. The van der Waals surface area contributed by atoms with Crippen molar-refractivity contribution in [2.24, 2.45) is 5.92 Å². The molecule has 2 heterocycles. The van der Waals surface area contributed by atoms with Gasteiger partial charge in [0.25, 0.3) is 0 Å². The summed E-state index contributed by atoms with van der Waals surface area (Å²) in [7, 11) is -2.66. The fraction of sp³-hybridized carbons (Fsp3) is 0.333. The van der Waals surface area contributed by atoms with Crippen molar-refractivity contribution in [3.05, 3.63) is 42.1 Å². The molecule has 6 heteroatoms. The number of hydrogen-bond acceptors (Lipinski definition) is 4. The molecule has 0 fully saturated rings. The fourth-order valence-corrected chi connectivity index (χ4v) is 2.67. The highest BCUT2D eigenvalue weighted by molar-refractivity contribution is 7.60. The van der Waals surface area contributed by atoms with Crippen LogP contribution in [0.5, 0.6) is 0 Å². The summed E-state index contributed by atoms with van der Waals surface area (Å²) in [6, 6.07) is 10.6. The average molecular weight is 306 g/mol. The molecule has 0 amide bonds. The third kappa shape index (κ3) is 3.97. The highest BCUT2D eigenvalue weighted by Crippen LogP contribution is 2.38. The Hall–Kier alpha value is -1.55. The molecule has 5 nitrogen and oxygen atoms in total. The predicted molar refractivity (Wildman–Crippen MR) is 82.5 cm³/mol. The summed E-state index contributed by atoms with van der Waals surface area (Å²) in [6.45, 7) is 4.27. The van der Waals surface area contributed by atoms with Crippen molar-refractivity contribution in [2.75, 3.05) is 7.11 Å². The number of hydrogen-bond donors (Lipinski definition) is 1. The molecule has 0 spiro atoms. The highest BCUT2D eigenvalue weighted by atomic mass is 31.2. The first kappa shape index (κ1) is 15.8. The Kier molecular flexibility index (Phi) is 4.88. The highest BCUT2D eigenvalue weighted by Gasteiger charge is 2.23. The number of pyridine rings is 2. The van der Waals surface area contributed by atoms with E-state index in [1.165, 1.54) is 13.2 Å². The van der Waals surface area contributed by atoms with Crippen molar-refractivity contribution >= 4 is 13.0 Å². The minimum absolute atomic E-state index is 0.0264. The maximum atomic E-state index is 11.8. The third-order valence-corrected chi connectivity index (χ3v) is 4.28. The normalized spacial score (nSPS) is 14.1. The Bertz CT molecular complexity index is 673. The van der Waals surface area contributed by atoms with E-state index in [4.69, 9.17) is 0 Å². The van der Waals surface area contributed by atoms with Crippen LogP contribution in [0.1, 0.15) is 19.5 Å². The molecule has 1 unspecified atom stereocenters. The zero-order valence-electron chi connectivity index (χ0n) is 12.4. The van der Waals surface area contributed by atoms with Crippen LogP contribution in [0.15, 0.2) is 36.4 Å². The number of rotatable bonds is 5. The fourth-order valence-electron chi connectivity index (χ4n) is 1.97. The SMILES string of the molecule is COP(=O)(O)c1cccc(-c2cccc(CC(C)C)n2)n1. The summed E-state index contributed by atoms with van der Waals surface area (Å²) >= 11 is 0. The molecular weight excluding hydrogens is 287 g/mol. The van der Waals surface area contributed by atoms with Crippen LogP contribution < -0.4 is 5.44 Å². The van der Waals surface area contributed by atoms with Crippen molar-refractivity contribution in [2.45, 2.75) is 20.3 Å². The van der Waals surface area contributed by atoms with Gasteiger partial charge in [-0.3, -0.25) is 9.55 Å². The summed E-state index contributed by atoms with van der Waals surface area (Å²) in [5.41, 5.74) is 2.25. The Morgan fingerprint density at radius 3 is 2.38 bits per heavy atom. The number of aromatic nitrogens is 2. The van der Waals surface area contributed by atoms with Gasteiger partial charge in [0.1, 0.15) is 0 Å². The van der Waals surface area contributed by atoms with Crippen molar-refractivity contribution in [1.82, 2.24) is 9.97 Å². The van der Waals surface area contributed by atoms with Crippen LogP contribution in [0.4, 0.5) is 0 Å². The van der Waals surface area contributed by atoms with Gasteiger partial charge in [0.2, 0.25) is 0 Å². The summed E-state index contributed by atoms with van der Waals surface area (Å²) in [5.74, 6) is 0.512. The van der Waals surface area contributed by atoms with E-state index in [1.807, 2.05) is 18.2 Å². The molecule has 0 saturated carbocycles. The molecule has 0 aromatic carbocycles. The van der Waals surface area contributed by atoms with Crippen molar-refractivity contribution in [1.29, 1.82) is 0 Å². The van der Waals surface area contributed by atoms with Crippen LogP contribution in [0.3, 0.4) is 0 Å². The molecule has 0 aliphatic carbocycles. The largest absolute Gasteiger partial charge is 0.376 e. The molecule has 0 aliphatic rings. The van der Waals surface area contributed by atoms with E-state index in [-0.39, 0.29) is 5.44 Å². The maximum Gasteiger partial charge on any atom is 0.376 e. The van der Waals surface area contributed by atoms with Gasteiger partial charge in [0.15, 0.2) is 5.44 Å². The minimum Gasteiger partial charge on any atom is -0.320 e. The van der Waals surface area contributed by atoms with Gasteiger partial charge in [-0.1, -0.05) is 26.0 Å². The number of nitrogens with zero attached hydrogens (tertiary/aromatic N) is 2. The van der Waals surface area contributed by atoms with Crippen LogP contribution in [0, 0.1) is 5.92 Å². The molecule has 21 heavy (non-hydrogen) atoms. The monoisotopic (exact) mass is 306 g/mol. The Morgan fingerprint density at radius 1 is 1.14 bits per heavy atom. The second-order valence-electron chi connectivity index (χ2n) is 5.20. The molecule has 2 rings (SSSR count). The quantitative estimate of drug-likeness (QED) is 0.860. The third-order valence-electron chi connectivity index (χ3n) is 2.96. The van der Waals surface area contributed by atoms with Crippen LogP contribution in [0.25, 0.3) is 11.4 Å². The van der Waals surface area contributed by atoms with Gasteiger partial charge in [-0.15, -0.1) is 0 Å². The lowest BCUT2D eigenvalue weighted by Crippen LogP contribution is -2.11. The van der Waals surface area contributed by atoms with E-state index >= 15 is 0 Å². The lowest BCUT2D eigenvalue weighted by molar-refractivity contribution is 0.327. The smallest absolute Gasteiger partial charge is 0.320 e. The summed E-state index contributed by atoms with van der Waals surface area (Å²) in [6.07, 6.45) is 0.879. The van der Waals surface area contributed by atoms with E-state index in [1.54, 1.807) is 12.1 Å². The van der Waals surface area contributed by atoms with E-state index < -0.39 is 7.60 Å². The van der Waals surface area contributed by atoms with Crippen LogP contribution in [0.2, 0.25) is 0 Å². The first-order valence-electron chi connectivity index (χ1n) is 6.75. The molecular formula is C15H19N2O3P. The Labute approximate surface area is 124 Å². The second kappa shape index (κ2) is 6.48. The van der Waals surface area contributed by atoms with Crippen molar-refractivity contribution in [3.8, 4) is 11.4 Å². The second-order valence-corrected chi connectivity index (χ2v) is 7.06. The van der Waals surface area contributed by atoms with E-state index in [2.05, 4.69) is 28.3 Å². The topological polar surface area (TPSA) is 72.3 Å². The van der Waals surface area contributed by atoms with Gasteiger partial charge < -0.3 is 9.42 Å². The first-order valence-corrected chi connectivity index (χ1v) is 8.32. The Balaban J connectivity index is 2.39. The molecule has 112 valence electrons. The lowest BCUT2D eigenvalue weighted by Gasteiger charge is -2.10. The molecule has 0 aliphatic heterocycles. The van der Waals surface area contributed by atoms with Gasteiger partial charge in [-0.25, -0.2) is 4.98 Å². The van der Waals surface area contributed by atoms with Crippen LogP contribution >= 0.6 is 7.60 Å². The van der Waals surface area contributed by atoms with E-state index in [0.717, 1.165) is 12.1 Å². The predicted octanol–water partition coefficient (Wildman–Crippen LogP) is 2.80. The van der Waals surface area contributed by atoms with Gasteiger partial charge in [-0.05, 0) is 36.6 Å². The molecule has 1 atom stereocenters. The summed E-state index contributed by atoms with van der Waals surface area (Å²) < 4.78 is 16.4. The van der Waals surface area contributed by atoms with Gasteiger partial charge in [0, 0.05) is 12.8 Å². The zero-order valence-corrected chi connectivity index (χ0v) is 13.2. The standard InChI is InChI=1S/C15H19N2O3P/c1-11(2)10-12-6-4-7-13(16-12)14-8-5-9-15(17-14)21(18,19)20-3/h4-9,11H,10H2,1-3H3,(H,18,19). The zero-order chi connectivity index (χ0) is 15.5. The maximum absolute atomic E-state index is 11.8. The molecule has 1 N–H and O–H groups in total.